The molecule has 26 heavy (non-hydrogen) atoms. The quantitative estimate of drug-likeness (QED) is 0.705. The molecule has 0 spiro atoms. The second kappa shape index (κ2) is 6.67. The Labute approximate surface area is 148 Å². The Morgan fingerprint density at radius 3 is 2.65 bits per heavy atom. The van der Waals surface area contributed by atoms with Crippen molar-refractivity contribution < 1.29 is 9.18 Å². The number of carbonyl (C=O) groups is 1. The van der Waals surface area contributed by atoms with Crippen LogP contribution >= 0.6 is 0 Å². The molecule has 1 aliphatic rings. The van der Waals surface area contributed by atoms with E-state index < -0.39 is 0 Å². The highest BCUT2D eigenvalue weighted by Crippen LogP contribution is 2.29. The summed E-state index contributed by atoms with van der Waals surface area (Å²) >= 11 is 0. The molecule has 0 aliphatic heterocycles. The number of amides is 1. The Morgan fingerprint density at radius 2 is 1.88 bits per heavy atom. The van der Waals surface area contributed by atoms with E-state index in [1.54, 1.807) is 47.4 Å². The van der Waals surface area contributed by atoms with E-state index in [0.717, 1.165) is 17.5 Å². The Balaban J connectivity index is 1.59. The minimum absolute atomic E-state index is 0.0891. The number of aromatic nitrogens is 3. The van der Waals surface area contributed by atoms with E-state index in [1.165, 1.54) is 6.07 Å². The first kappa shape index (κ1) is 16.4. The van der Waals surface area contributed by atoms with Crippen LogP contribution in [0, 0.1) is 5.82 Å². The van der Waals surface area contributed by atoms with Gasteiger partial charge in [0, 0.05) is 18.2 Å². The third-order valence-corrected chi connectivity index (χ3v) is 4.52. The summed E-state index contributed by atoms with van der Waals surface area (Å²) in [4.78, 5) is 26.9. The summed E-state index contributed by atoms with van der Waals surface area (Å²) in [7, 11) is 0. The molecule has 0 unspecified atom stereocenters. The lowest BCUT2D eigenvalue weighted by atomic mass is 10.2. The monoisotopic (exact) mass is 352 g/mol. The van der Waals surface area contributed by atoms with Crippen LogP contribution in [0.15, 0.2) is 53.3 Å². The second-order valence-electron chi connectivity index (χ2n) is 6.41. The standard InChI is InChI=1S/C19H17FN4O2/c20-16-7-3-1-5-13(16)11-23(14-9-10-14)18(25)12-24-19(26)15-6-2-4-8-17(15)21-22-24/h1-8,14H,9-12H2. The van der Waals surface area contributed by atoms with E-state index in [4.69, 9.17) is 0 Å². The van der Waals surface area contributed by atoms with E-state index in [1.807, 2.05) is 0 Å². The first-order valence-electron chi connectivity index (χ1n) is 8.49. The summed E-state index contributed by atoms with van der Waals surface area (Å²) in [6, 6.07) is 13.4. The number of hydrogen-bond donors (Lipinski definition) is 0. The zero-order valence-corrected chi connectivity index (χ0v) is 14.0. The summed E-state index contributed by atoms with van der Waals surface area (Å²) in [5, 5.41) is 8.28. The molecular formula is C19H17FN4O2. The van der Waals surface area contributed by atoms with Crippen LogP contribution in [-0.4, -0.2) is 31.8 Å². The lowest BCUT2D eigenvalue weighted by molar-refractivity contribution is -0.133. The highest BCUT2D eigenvalue weighted by molar-refractivity contribution is 5.78. The van der Waals surface area contributed by atoms with Gasteiger partial charge < -0.3 is 4.90 Å². The average Bonchev–Trinajstić information content (AvgIpc) is 3.48. The predicted octanol–water partition coefficient (Wildman–Crippen LogP) is 2.12. The molecular weight excluding hydrogens is 335 g/mol. The van der Waals surface area contributed by atoms with Crippen molar-refractivity contribution >= 4 is 16.8 Å². The van der Waals surface area contributed by atoms with E-state index in [9.17, 15) is 14.0 Å². The smallest absolute Gasteiger partial charge is 0.278 e. The van der Waals surface area contributed by atoms with Crippen LogP contribution in [0.3, 0.4) is 0 Å². The van der Waals surface area contributed by atoms with Gasteiger partial charge in [-0.1, -0.05) is 35.5 Å². The number of rotatable bonds is 5. The molecule has 0 radical (unpaired) electrons. The molecule has 0 saturated heterocycles. The van der Waals surface area contributed by atoms with Crippen molar-refractivity contribution in [2.24, 2.45) is 0 Å². The molecule has 4 rings (SSSR count). The summed E-state index contributed by atoms with van der Waals surface area (Å²) in [6.07, 6.45) is 1.77. The summed E-state index contributed by atoms with van der Waals surface area (Å²) in [6.45, 7) is -0.0203. The van der Waals surface area contributed by atoms with E-state index in [-0.39, 0.29) is 36.4 Å². The van der Waals surface area contributed by atoms with Crippen LogP contribution in [-0.2, 0) is 17.9 Å². The first-order chi connectivity index (χ1) is 12.6. The highest BCUT2D eigenvalue weighted by atomic mass is 19.1. The molecule has 2 aromatic carbocycles. The van der Waals surface area contributed by atoms with Gasteiger partial charge in [0.15, 0.2) is 0 Å². The van der Waals surface area contributed by atoms with Crippen LogP contribution in [0.1, 0.15) is 18.4 Å². The van der Waals surface area contributed by atoms with Crippen LogP contribution in [0.5, 0.6) is 0 Å². The average molecular weight is 352 g/mol. The fraction of sp³-hybridized carbons (Fsp3) is 0.263. The fourth-order valence-corrected chi connectivity index (χ4v) is 2.96. The molecule has 1 heterocycles. The number of halogens is 1. The van der Waals surface area contributed by atoms with Crippen LogP contribution in [0.25, 0.3) is 10.9 Å². The van der Waals surface area contributed by atoms with Gasteiger partial charge in [-0.2, -0.15) is 0 Å². The van der Waals surface area contributed by atoms with Gasteiger partial charge in [0.2, 0.25) is 5.91 Å². The number of benzene rings is 2. The molecule has 132 valence electrons. The van der Waals surface area contributed by atoms with E-state index >= 15 is 0 Å². The van der Waals surface area contributed by atoms with Crippen molar-refractivity contribution in [3.05, 3.63) is 70.3 Å². The molecule has 3 aromatic rings. The van der Waals surface area contributed by atoms with Crippen LogP contribution in [0.2, 0.25) is 0 Å². The van der Waals surface area contributed by atoms with Crippen molar-refractivity contribution in [3.63, 3.8) is 0 Å². The maximum atomic E-state index is 13.9. The second-order valence-corrected chi connectivity index (χ2v) is 6.41. The minimum Gasteiger partial charge on any atom is -0.334 e. The number of hydrogen-bond acceptors (Lipinski definition) is 4. The molecule has 1 aliphatic carbocycles. The van der Waals surface area contributed by atoms with Crippen LogP contribution < -0.4 is 5.56 Å². The van der Waals surface area contributed by atoms with Crippen molar-refractivity contribution in [2.75, 3.05) is 0 Å². The van der Waals surface area contributed by atoms with E-state index in [0.29, 0.717) is 16.5 Å². The normalized spacial score (nSPS) is 13.7. The summed E-state index contributed by atoms with van der Waals surface area (Å²) in [5.74, 6) is -0.601. The van der Waals surface area contributed by atoms with Gasteiger partial charge in [-0.15, -0.1) is 5.10 Å². The molecule has 7 heteroatoms. The van der Waals surface area contributed by atoms with Gasteiger partial charge in [-0.3, -0.25) is 9.59 Å². The van der Waals surface area contributed by atoms with Gasteiger partial charge in [0.25, 0.3) is 5.56 Å². The molecule has 0 bridgehead atoms. The third-order valence-electron chi connectivity index (χ3n) is 4.52. The van der Waals surface area contributed by atoms with Gasteiger partial charge in [0.1, 0.15) is 17.9 Å². The van der Waals surface area contributed by atoms with Gasteiger partial charge in [-0.25, -0.2) is 9.07 Å². The van der Waals surface area contributed by atoms with Crippen molar-refractivity contribution in [1.82, 2.24) is 19.9 Å². The maximum absolute atomic E-state index is 13.9. The Hall–Kier alpha value is -3.09. The number of carbonyl (C=O) groups excluding carboxylic acids is 1. The zero-order valence-electron chi connectivity index (χ0n) is 14.0. The third kappa shape index (κ3) is 3.20. The number of nitrogens with zero attached hydrogens (tertiary/aromatic N) is 4. The Morgan fingerprint density at radius 1 is 1.15 bits per heavy atom. The molecule has 0 atom stereocenters. The molecule has 0 N–H and O–H groups in total. The van der Waals surface area contributed by atoms with Gasteiger partial charge in [0.05, 0.1) is 5.39 Å². The van der Waals surface area contributed by atoms with Crippen molar-refractivity contribution in [1.29, 1.82) is 0 Å². The van der Waals surface area contributed by atoms with Crippen LogP contribution in [0.4, 0.5) is 4.39 Å². The Bertz CT molecular complexity index is 1030. The number of fused-ring (bicyclic) bond motifs is 1. The SMILES string of the molecule is O=C(Cn1nnc2ccccc2c1=O)N(Cc1ccccc1F)C1CC1. The molecule has 6 nitrogen and oxygen atoms in total. The van der Waals surface area contributed by atoms with Gasteiger partial charge >= 0.3 is 0 Å². The fourth-order valence-electron chi connectivity index (χ4n) is 2.96. The lowest BCUT2D eigenvalue weighted by Gasteiger charge is -2.23. The summed E-state index contributed by atoms with van der Waals surface area (Å²) < 4.78 is 15.0. The van der Waals surface area contributed by atoms with Gasteiger partial charge in [-0.05, 0) is 31.0 Å². The maximum Gasteiger partial charge on any atom is 0.278 e. The highest BCUT2D eigenvalue weighted by Gasteiger charge is 2.33. The Kier molecular flexibility index (Phi) is 4.20. The van der Waals surface area contributed by atoms with Crippen molar-refractivity contribution in [2.45, 2.75) is 32.0 Å². The largest absolute Gasteiger partial charge is 0.334 e. The molecule has 1 aromatic heterocycles. The summed E-state index contributed by atoms with van der Waals surface area (Å²) in [5.41, 5.74) is 0.599. The minimum atomic E-state index is -0.356. The zero-order chi connectivity index (χ0) is 18.1. The molecule has 1 saturated carbocycles. The van der Waals surface area contributed by atoms with E-state index in [2.05, 4.69) is 10.3 Å². The lowest BCUT2D eigenvalue weighted by Crippen LogP contribution is -2.38. The predicted molar refractivity (Wildman–Crippen MR) is 93.8 cm³/mol. The van der Waals surface area contributed by atoms with Crippen molar-refractivity contribution in [3.8, 4) is 0 Å². The molecule has 1 fully saturated rings. The topological polar surface area (TPSA) is 68.1 Å². The first-order valence-corrected chi connectivity index (χ1v) is 8.49. The molecule has 1 amide bonds.